The number of amides is 2. The van der Waals surface area contributed by atoms with Crippen LogP contribution in [-0.4, -0.2) is 31.8 Å². The maximum atomic E-state index is 13.4. The number of carbonyl (C=O) groups excluding carboxylic acids is 1. The summed E-state index contributed by atoms with van der Waals surface area (Å²) >= 11 is 0. The molecule has 2 aromatic carbocycles. The van der Waals surface area contributed by atoms with Gasteiger partial charge in [0, 0.05) is 37.9 Å². The SMILES string of the molecule is O=C(NCc1ccc(OC2CCCC2)cc1)NCC1CCN(c2ccc(F)c(F)c2)C1. The van der Waals surface area contributed by atoms with E-state index in [0.717, 1.165) is 43.2 Å². The van der Waals surface area contributed by atoms with Crippen LogP contribution in [0.15, 0.2) is 42.5 Å². The fraction of sp³-hybridized carbons (Fsp3) is 0.458. The van der Waals surface area contributed by atoms with Gasteiger partial charge >= 0.3 is 6.03 Å². The van der Waals surface area contributed by atoms with Crippen LogP contribution in [0.5, 0.6) is 5.75 Å². The van der Waals surface area contributed by atoms with Gasteiger partial charge in [0.15, 0.2) is 11.6 Å². The lowest BCUT2D eigenvalue weighted by molar-refractivity contribution is 0.210. The summed E-state index contributed by atoms with van der Waals surface area (Å²) in [4.78, 5) is 14.2. The van der Waals surface area contributed by atoms with Gasteiger partial charge in [-0.2, -0.15) is 0 Å². The fourth-order valence-corrected chi connectivity index (χ4v) is 4.28. The third-order valence-electron chi connectivity index (χ3n) is 6.09. The molecule has 0 aromatic heterocycles. The first-order valence-corrected chi connectivity index (χ1v) is 11.0. The van der Waals surface area contributed by atoms with Crippen molar-refractivity contribution >= 4 is 11.7 Å². The molecule has 1 aliphatic heterocycles. The summed E-state index contributed by atoms with van der Waals surface area (Å²) in [6, 6.07) is 11.6. The minimum atomic E-state index is -0.839. The van der Waals surface area contributed by atoms with Gasteiger partial charge < -0.3 is 20.3 Å². The third-order valence-corrected chi connectivity index (χ3v) is 6.09. The third kappa shape index (κ3) is 5.87. The normalized spacial score (nSPS) is 18.9. The van der Waals surface area contributed by atoms with E-state index in [1.807, 2.05) is 29.2 Å². The van der Waals surface area contributed by atoms with Crippen molar-refractivity contribution in [2.24, 2.45) is 5.92 Å². The van der Waals surface area contributed by atoms with Crippen molar-refractivity contribution in [3.05, 3.63) is 59.7 Å². The molecule has 0 bridgehead atoms. The van der Waals surface area contributed by atoms with Gasteiger partial charge in [0.05, 0.1) is 6.10 Å². The summed E-state index contributed by atoms with van der Waals surface area (Å²) in [6.45, 7) is 2.45. The molecule has 166 valence electrons. The number of hydrogen-bond acceptors (Lipinski definition) is 3. The van der Waals surface area contributed by atoms with Gasteiger partial charge in [0.1, 0.15) is 5.75 Å². The van der Waals surface area contributed by atoms with E-state index in [-0.39, 0.29) is 11.9 Å². The fourth-order valence-electron chi connectivity index (χ4n) is 4.28. The number of urea groups is 1. The van der Waals surface area contributed by atoms with Crippen LogP contribution in [0, 0.1) is 17.6 Å². The quantitative estimate of drug-likeness (QED) is 0.676. The zero-order valence-electron chi connectivity index (χ0n) is 17.6. The molecule has 2 aromatic rings. The smallest absolute Gasteiger partial charge is 0.315 e. The summed E-state index contributed by atoms with van der Waals surface area (Å²) in [7, 11) is 0. The lowest BCUT2D eigenvalue weighted by atomic mass is 10.1. The molecule has 0 spiro atoms. The number of ether oxygens (including phenoxy) is 1. The van der Waals surface area contributed by atoms with Crippen LogP contribution in [0.2, 0.25) is 0 Å². The average Bonchev–Trinajstić information content (AvgIpc) is 3.46. The minimum Gasteiger partial charge on any atom is -0.490 e. The summed E-state index contributed by atoms with van der Waals surface area (Å²) in [5.41, 5.74) is 1.69. The monoisotopic (exact) mass is 429 g/mol. The first-order chi connectivity index (χ1) is 15.1. The predicted molar refractivity (Wildman–Crippen MR) is 116 cm³/mol. The van der Waals surface area contributed by atoms with E-state index in [1.165, 1.54) is 18.9 Å². The molecule has 0 radical (unpaired) electrons. The highest BCUT2D eigenvalue weighted by atomic mass is 19.2. The number of benzene rings is 2. The number of anilines is 1. The van der Waals surface area contributed by atoms with E-state index in [9.17, 15) is 13.6 Å². The molecule has 1 aliphatic carbocycles. The van der Waals surface area contributed by atoms with E-state index in [4.69, 9.17) is 4.74 Å². The molecule has 1 saturated heterocycles. The van der Waals surface area contributed by atoms with Gasteiger partial charge in [0.2, 0.25) is 0 Å². The van der Waals surface area contributed by atoms with Crippen molar-refractivity contribution in [2.75, 3.05) is 24.5 Å². The van der Waals surface area contributed by atoms with Crippen LogP contribution in [0.4, 0.5) is 19.3 Å². The van der Waals surface area contributed by atoms with Crippen molar-refractivity contribution in [1.82, 2.24) is 10.6 Å². The molecule has 7 heteroatoms. The largest absolute Gasteiger partial charge is 0.490 e. The Hall–Kier alpha value is -2.83. The van der Waals surface area contributed by atoms with E-state index < -0.39 is 11.6 Å². The highest BCUT2D eigenvalue weighted by Crippen LogP contribution is 2.25. The Morgan fingerprint density at radius 1 is 1.00 bits per heavy atom. The number of hydrogen-bond donors (Lipinski definition) is 2. The van der Waals surface area contributed by atoms with Crippen LogP contribution >= 0.6 is 0 Å². The van der Waals surface area contributed by atoms with E-state index in [1.54, 1.807) is 6.07 Å². The zero-order valence-corrected chi connectivity index (χ0v) is 17.6. The average molecular weight is 430 g/mol. The van der Waals surface area contributed by atoms with Gasteiger partial charge in [-0.25, -0.2) is 13.6 Å². The molecule has 5 nitrogen and oxygen atoms in total. The van der Waals surface area contributed by atoms with Gasteiger partial charge in [-0.05, 0) is 67.9 Å². The lowest BCUT2D eigenvalue weighted by Crippen LogP contribution is -2.38. The van der Waals surface area contributed by atoms with Crippen LogP contribution in [0.25, 0.3) is 0 Å². The van der Waals surface area contributed by atoms with E-state index in [0.29, 0.717) is 31.4 Å². The molecular formula is C24H29F2N3O2. The number of carbonyl (C=O) groups is 1. The molecule has 2 N–H and O–H groups in total. The van der Waals surface area contributed by atoms with Crippen LogP contribution in [0.3, 0.4) is 0 Å². The van der Waals surface area contributed by atoms with Crippen molar-refractivity contribution in [1.29, 1.82) is 0 Å². The number of halogens is 2. The highest BCUT2D eigenvalue weighted by Gasteiger charge is 2.23. The molecule has 31 heavy (non-hydrogen) atoms. The summed E-state index contributed by atoms with van der Waals surface area (Å²) < 4.78 is 32.5. The second-order valence-corrected chi connectivity index (χ2v) is 8.43. The highest BCUT2D eigenvalue weighted by molar-refractivity contribution is 5.73. The minimum absolute atomic E-state index is 0.211. The Balaban J connectivity index is 1.16. The van der Waals surface area contributed by atoms with Crippen molar-refractivity contribution in [2.45, 2.75) is 44.8 Å². The van der Waals surface area contributed by atoms with Crippen LogP contribution in [0.1, 0.15) is 37.7 Å². The molecule has 2 fully saturated rings. The van der Waals surface area contributed by atoms with E-state index in [2.05, 4.69) is 10.6 Å². The zero-order chi connectivity index (χ0) is 21.6. The Morgan fingerprint density at radius 2 is 1.77 bits per heavy atom. The maximum Gasteiger partial charge on any atom is 0.315 e. The predicted octanol–water partition coefficient (Wildman–Crippen LogP) is 4.61. The molecule has 1 unspecified atom stereocenters. The molecule has 1 atom stereocenters. The molecule has 1 saturated carbocycles. The Bertz CT molecular complexity index is 885. The number of rotatable bonds is 7. The Morgan fingerprint density at radius 3 is 2.52 bits per heavy atom. The molecule has 4 rings (SSSR count). The summed E-state index contributed by atoms with van der Waals surface area (Å²) in [5.74, 6) is -0.525. The number of nitrogens with one attached hydrogen (secondary N) is 2. The topological polar surface area (TPSA) is 53.6 Å². The molecule has 2 aliphatic rings. The first-order valence-electron chi connectivity index (χ1n) is 11.0. The standard InChI is InChI=1S/C24H29F2N3O2/c25-22-10-7-19(13-23(22)26)29-12-11-18(16-29)15-28-24(30)27-14-17-5-8-21(9-6-17)31-20-3-1-2-4-20/h5-10,13,18,20H,1-4,11-12,14-16H2,(H2,27,28,30). The van der Waals surface area contributed by atoms with Crippen molar-refractivity contribution in [3.63, 3.8) is 0 Å². The molecule has 2 amide bonds. The maximum absolute atomic E-state index is 13.4. The Kier molecular flexibility index (Phi) is 6.89. The lowest BCUT2D eigenvalue weighted by Gasteiger charge is -2.19. The van der Waals surface area contributed by atoms with Crippen LogP contribution in [-0.2, 0) is 6.54 Å². The van der Waals surface area contributed by atoms with Gasteiger partial charge in [-0.3, -0.25) is 0 Å². The van der Waals surface area contributed by atoms with Gasteiger partial charge in [-0.1, -0.05) is 12.1 Å². The second kappa shape index (κ2) is 9.98. The molecule has 1 heterocycles. The number of nitrogens with zero attached hydrogens (tertiary/aromatic N) is 1. The summed E-state index contributed by atoms with van der Waals surface area (Å²) in [6.07, 6.45) is 5.97. The van der Waals surface area contributed by atoms with Crippen molar-refractivity contribution in [3.8, 4) is 5.75 Å². The summed E-state index contributed by atoms with van der Waals surface area (Å²) in [5, 5.41) is 5.79. The first kappa shape index (κ1) is 21.4. The van der Waals surface area contributed by atoms with Crippen molar-refractivity contribution < 1.29 is 18.3 Å². The second-order valence-electron chi connectivity index (χ2n) is 8.43. The van der Waals surface area contributed by atoms with Gasteiger partial charge in [-0.15, -0.1) is 0 Å². The van der Waals surface area contributed by atoms with Crippen LogP contribution < -0.4 is 20.3 Å². The van der Waals surface area contributed by atoms with E-state index >= 15 is 0 Å². The Labute approximate surface area is 181 Å². The molecular weight excluding hydrogens is 400 g/mol. The van der Waals surface area contributed by atoms with Gasteiger partial charge in [0.25, 0.3) is 0 Å².